The highest BCUT2D eigenvalue weighted by molar-refractivity contribution is 7.52. The highest BCUT2D eigenvalue weighted by Crippen LogP contribution is 2.38. The van der Waals surface area contributed by atoms with E-state index < -0.39 is 43.5 Å². The van der Waals surface area contributed by atoms with Gasteiger partial charge in [-0.2, -0.15) is 0 Å². The zero-order chi connectivity index (χ0) is 23.2. The lowest BCUT2D eigenvalue weighted by molar-refractivity contribution is -0.141. The number of Topliss-reactive ketones (excluding diaryl/α,β-unsaturated/α-hetero) is 1. The second-order valence-corrected chi connectivity index (χ2v) is 9.09. The molecular formula is C24H24NO6P. The first-order chi connectivity index (χ1) is 15.2. The Kier molecular flexibility index (Phi) is 7.38. The summed E-state index contributed by atoms with van der Waals surface area (Å²) in [6, 6.07) is 26.4. The van der Waals surface area contributed by atoms with Crippen molar-refractivity contribution in [3.05, 3.63) is 108 Å². The first kappa shape index (κ1) is 23.6. The molecule has 166 valence electrons. The molecule has 0 fully saturated rings. The average molecular weight is 453 g/mol. The number of carbonyl (C=O) groups is 2. The number of carboxylic acids is 1. The molecule has 0 saturated carbocycles. The van der Waals surface area contributed by atoms with Gasteiger partial charge in [-0.3, -0.25) is 19.5 Å². The molecule has 0 aliphatic rings. The fourth-order valence-electron chi connectivity index (χ4n) is 3.80. The van der Waals surface area contributed by atoms with Gasteiger partial charge in [-0.1, -0.05) is 91.0 Å². The number of rotatable bonds is 10. The Morgan fingerprint density at radius 2 is 1.16 bits per heavy atom. The minimum atomic E-state index is -4.60. The number of hydrogen-bond donors (Lipinski definition) is 4. The first-order valence-electron chi connectivity index (χ1n) is 9.96. The van der Waals surface area contributed by atoms with Gasteiger partial charge in [0.2, 0.25) is 0 Å². The van der Waals surface area contributed by atoms with E-state index in [0.29, 0.717) is 0 Å². The van der Waals surface area contributed by atoms with Crippen LogP contribution in [0.25, 0.3) is 0 Å². The lowest BCUT2D eigenvalue weighted by atomic mass is 9.76. The number of ketones is 1. The van der Waals surface area contributed by atoms with Crippen LogP contribution in [0, 0.1) is 0 Å². The van der Waals surface area contributed by atoms with Crippen molar-refractivity contribution in [3.63, 3.8) is 0 Å². The van der Waals surface area contributed by atoms with Crippen LogP contribution in [0.15, 0.2) is 91.0 Å². The summed E-state index contributed by atoms with van der Waals surface area (Å²) in [5.41, 5.74) is 1.14. The molecule has 0 aliphatic heterocycles. The van der Waals surface area contributed by atoms with Gasteiger partial charge in [-0.25, -0.2) is 0 Å². The van der Waals surface area contributed by atoms with Crippen LogP contribution in [0.5, 0.6) is 0 Å². The Balaban J connectivity index is 2.16. The van der Waals surface area contributed by atoms with Gasteiger partial charge in [0.05, 0.1) is 5.54 Å². The third-order valence-electron chi connectivity index (χ3n) is 5.12. The number of hydrogen-bond acceptors (Lipinski definition) is 4. The van der Waals surface area contributed by atoms with Crippen LogP contribution in [0.2, 0.25) is 0 Å². The lowest BCUT2D eigenvalue weighted by Crippen LogP contribution is -2.53. The van der Waals surface area contributed by atoms with Crippen molar-refractivity contribution in [1.29, 1.82) is 0 Å². The third-order valence-corrected chi connectivity index (χ3v) is 5.89. The highest BCUT2D eigenvalue weighted by Gasteiger charge is 2.40. The molecule has 4 N–H and O–H groups in total. The third kappa shape index (κ3) is 5.58. The minimum Gasteiger partial charge on any atom is -0.480 e. The minimum absolute atomic E-state index is 0.575. The van der Waals surface area contributed by atoms with Gasteiger partial charge in [-0.05, 0) is 16.7 Å². The molecule has 0 amide bonds. The maximum absolute atomic E-state index is 12.3. The number of carbonyl (C=O) groups excluding carboxylic acids is 1. The summed E-state index contributed by atoms with van der Waals surface area (Å²) in [7, 11) is -4.60. The van der Waals surface area contributed by atoms with Crippen molar-refractivity contribution in [1.82, 2.24) is 5.32 Å². The van der Waals surface area contributed by atoms with Crippen LogP contribution in [0.3, 0.4) is 0 Å². The van der Waals surface area contributed by atoms with Crippen LogP contribution in [-0.4, -0.2) is 38.8 Å². The molecule has 0 saturated heterocycles. The summed E-state index contributed by atoms with van der Waals surface area (Å²) in [5.74, 6) is -2.13. The van der Waals surface area contributed by atoms with E-state index >= 15 is 0 Å². The largest absolute Gasteiger partial charge is 0.480 e. The zero-order valence-electron chi connectivity index (χ0n) is 17.2. The summed E-state index contributed by atoms with van der Waals surface area (Å²) in [6.45, 7) is 0. The first-order valence-corrected chi connectivity index (χ1v) is 11.8. The van der Waals surface area contributed by atoms with Gasteiger partial charge in [0.1, 0.15) is 18.0 Å². The van der Waals surface area contributed by atoms with E-state index in [2.05, 4.69) is 5.32 Å². The molecule has 7 nitrogen and oxygen atoms in total. The van der Waals surface area contributed by atoms with E-state index in [1.54, 1.807) is 0 Å². The molecule has 0 aromatic heterocycles. The Hall–Kier alpha value is -3.09. The molecule has 3 aromatic carbocycles. The lowest BCUT2D eigenvalue weighted by Gasteiger charge is -2.39. The van der Waals surface area contributed by atoms with Crippen LogP contribution in [0.4, 0.5) is 0 Å². The van der Waals surface area contributed by atoms with Crippen LogP contribution in [-0.2, 0) is 19.7 Å². The molecule has 0 aliphatic carbocycles. The van der Waals surface area contributed by atoms with Gasteiger partial charge in [0.25, 0.3) is 0 Å². The van der Waals surface area contributed by atoms with E-state index in [0.717, 1.165) is 16.7 Å². The Bertz CT molecular complexity index is 1000. The van der Waals surface area contributed by atoms with Crippen molar-refractivity contribution in [2.75, 3.05) is 6.16 Å². The van der Waals surface area contributed by atoms with Crippen LogP contribution < -0.4 is 5.32 Å². The SMILES string of the molecule is O=C(C[C@H](NC(c1ccccc1)(c1ccccc1)c1ccccc1)C(=O)O)CP(=O)(O)O. The van der Waals surface area contributed by atoms with E-state index in [1.165, 1.54) is 0 Å². The van der Waals surface area contributed by atoms with Crippen molar-refractivity contribution >= 4 is 19.3 Å². The number of nitrogens with one attached hydrogen (secondary N) is 1. The molecule has 0 unspecified atom stereocenters. The predicted molar refractivity (Wildman–Crippen MR) is 120 cm³/mol. The summed E-state index contributed by atoms with van der Waals surface area (Å²) in [6.07, 6.45) is -1.58. The van der Waals surface area contributed by atoms with Gasteiger partial charge < -0.3 is 14.9 Å². The fourth-order valence-corrected chi connectivity index (χ4v) is 4.39. The molecule has 32 heavy (non-hydrogen) atoms. The Morgan fingerprint density at radius 1 is 0.781 bits per heavy atom. The molecule has 0 heterocycles. The van der Waals surface area contributed by atoms with Gasteiger partial charge >= 0.3 is 13.6 Å². The summed E-state index contributed by atoms with van der Waals surface area (Å²) < 4.78 is 11.2. The van der Waals surface area contributed by atoms with Gasteiger partial charge in [0.15, 0.2) is 0 Å². The van der Waals surface area contributed by atoms with Crippen molar-refractivity contribution in [2.24, 2.45) is 0 Å². The molecule has 0 spiro atoms. The standard InChI is InChI=1S/C24H24NO6P/c26-21(17-32(29,30)31)16-22(23(27)28)25-24(18-10-4-1-5-11-18,19-12-6-2-7-13-19)20-14-8-3-9-15-20/h1-15,22,25H,16-17H2,(H,27,28)(H2,29,30,31)/t22-/m0/s1. The monoisotopic (exact) mass is 453 g/mol. The fraction of sp³-hybridized carbons (Fsp3) is 0.167. The summed E-state index contributed by atoms with van der Waals surface area (Å²) >= 11 is 0. The Morgan fingerprint density at radius 3 is 1.47 bits per heavy atom. The van der Waals surface area contributed by atoms with Crippen LogP contribution >= 0.6 is 7.60 Å². The summed E-state index contributed by atoms with van der Waals surface area (Å²) in [4.78, 5) is 42.7. The normalized spacial score (nSPS) is 12.8. The number of aliphatic carboxylic acids is 1. The van der Waals surface area contributed by atoms with Crippen LogP contribution in [0.1, 0.15) is 23.1 Å². The quantitative estimate of drug-likeness (QED) is 0.275. The van der Waals surface area contributed by atoms with E-state index in [1.807, 2.05) is 91.0 Å². The average Bonchev–Trinajstić information content (AvgIpc) is 2.77. The molecule has 8 heteroatoms. The molecule has 0 radical (unpaired) electrons. The smallest absolute Gasteiger partial charge is 0.332 e. The highest BCUT2D eigenvalue weighted by atomic mass is 31.2. The van der Waals surface area contributed by atoms with Gasteiger partial charge in [0, 0.05) is 6.42 Å². The molecule has 0 bridgehead atoms. The van der Waals surface area contributed by atoms with E-state index in [9.17, 15) is 19.3 Å². The maximum Gasteiger partial charge on any atom is 0.332 e. The van der Waals surface area contributed by atoms with Crippen molar-refractivity contribution < 1.29 is 29.0 Å². The second kappa shape index (κ2) is 10.0. The number of benzene rings is 3. The number of carboxylic acid groups (broad SMARTS) is 1. The molecule has 3 rings (SSSR count). The topological polar surface area (TPSA) is 124 Å². The second-order valence-electron chi connectivity index (χ2n) is 7.45. The van der Waals surface area contributed by atoms with Crippen molar-refractivity contribution in [3.8, 4) is 0 Å². The summed E-state index contributed by atoms with van der Waals surface area (Å²) in [5, 5.41) is 13.1. The van der Waals surface area contributed by atoms with Gasteiger partial charge in [-0.15, -0.1) is 0 Å². The molecule has 1 atom stereocenters. The zero-order valence-corrected chi connectivity index (χ0v) is 18.1. The van der Waals surface area contributed by atoms with Crippen molar-refractivity contribution in [2.45, 2.75) is 18.0 Å². The van der Waals surface area contributed by atoms with E-state index in [4.69, 9.17) is 9.79 Å². The Labute approximate surface area is 185 Å². The maximum atomic E-state index is 12.3. The molecule has 3 aromatic rings. The molecular weight excluding hydrogens is 429 g/mol. The predicted octanol–water partition coefficient (Wildman–Crippen LogP) is 3.16. The van der Waals surface area contributed by atoms with E-state index in [-0.39, 0.29) is 0 Å².